The lowest BCUT2D eigenvalue weighted by Crippen LogP contribution is -2.30. The van der Waals surface area contributed by atoms with Gasteiger partial charge in [-0.05, 0) is 77.2 Å². The molecule has 2 rings (SSSR count). The quantitative estimate of drug-likeness (QED) is 0.0500. The third-order valence-corrected chi connectivity index (χ3v) is 8.32. The zero-order valence-electron chi connectivity index (χ0n) is 31.7. The van der Waals surface area contributed by atoms with E-state index in [4.69, 9.17) is 14.2 Å². The molecule has 284 valence electrons. The molecule has 0 atom stereocenters. The van der Waals surface area contributed by atoms with Crippen molar-refractivity contribution in [3.05, 3.63) is 107 Å². The van der Waals surface area contributed by atoms with Crippen LogP contribution in [0.15, 0.2) is 84.6 Å². The summed E-state index contributed by atoms with van der Waals surface area (Å²) in [5, 5.41) is 16.5. The molecule has 0 aliphatic carbocycles. The van der Waals surface area contributed by atoms with Gasteiger partial charge >= 0.3 is 5.97 Å². The first-order chi connectivity index (χ1) is 25.3. The summed E-state index contributed by atoms with van der Waals surface area (Å²) < 4.78 is 16.2. The topological polar surface area (TPSA) is 123 Å². The van der Waals surface area contributed by atoms with Crippen LogP contribution in [-0.4, -0.2) is 56.3 Å². The molecule has 1 aliphatic rings. The SMILES string of the molecule is CC/C=C\C/C=C\C/C=C\C/C=C\C/C=C\C/C=C\CCC(=O)NCCOCCNC(=O)CC/C(C)=C/Cc1c(O)c2c(c(C)c1OC)COC2=O. The summed E-state index contributed by atoms with van der Waals surface area (Å²) in [5.74, 6) is -0.199. The monoisotopic (exact) mass is 716 g/mol. The van der Waals surface area contributed by atoms with Crippen molar-refractivity contribution in [2.45, 2.75) is 98.0 Å². The lowest BCUT2D eigenvalue weighted by molar-refractivity contribution is -0.121. The summed E-state index contributed by atoms with van der Waals surface area (Å²) in [5.41, 5.74) is 3.15. The van der Waals surface area contributed by atoms with Crippen molar-refractivity contribution in [2.24, 2.45) is 0 Å². The Balaban J connectivity index is 1.46. The van der Waals surface area contributed by atoms with E-state index in [0.29, 0.717) is 75.3 Å². The van der Waals surface area contributed by atoms with Crippen LogP contribution in [0, 0.1) is 6.92 Å². The van der Waals surface area contributed by atoms with E-state index >= 15 is 0 Å². The molecule has 0 unspecified atom stereocenters. The summed E-state index contributed by atoms with van der Waals surface area (Å²) in [6, 6.07) is 0. The van der Waals surface area contributed by atoms with Crippen LogP contribution in [0.3, 0.4) is 0 Å². The number of carbonyl (C=O) groups is 3. The van der Waals surface area contributed by atoms with Crippen LogP contribution >= 0.6 is 0 Å². The lowest BCUT2D eigenvalue weighted by Gasteiger charge is -2.15. The Morgan fingerprint density at radius 3 is 1.85 bits per heavy atom. The minimum absolute atomic E-state index is 0.0117. The van der Waals surface area contributed by atoms with Gasteiger partial charge in [0.05, 0.1) is 20.3 Å². The Labute approximate surface area is 311 Å². The van der Waals surface area contributed by atoms with Gasteiger partial charge < -0.3 is 30.0 Å². The van der Waals surface area contributed by atoms with Gasteiger partial charge in [-0.1, -0.05) is 91.5 Å². The molecule has 3 N–H and O–H groups in total. The normalized spacial score (nSPS) is 13.5. The van der Waals surface area contributed by atoms with Crippen molar-refractivity contribution < 1.29 is 33.7 Å². The van der Waals surface area contributed by atoms with Gasteiger partial charge in [-0.25, -0.2) is 4.79 Å². The number of ether oxygens (including phenoxy) is 3. The molecule has 0 aromatic heterocycles. The van der Waals surface area contributed by atoms with Gasteiger partial charge in [0.15, 0.2) is 0 Å². The van der Waals surface area contributed by atoms with E-state index in [9.17, 15) is 19.5 Å². The zero-order chi connectivity index (χ0) is 37.8. The fourth-order valence-corrected chi connectivity index (χ4v) is 5.38. The molecule has 9 nitrogen and oxygen atoms in total. The molecule has 0 bridgehead atoms. The smallest absolute Gasteiger partial charge is 0.342 e. The van der Waals surface area contributed by atoms with Gasteiger partial charge in [0.2, 0.25) is 11.8 Å². The molecule has 1 heterocycles. The fourth-order valence-electron chi connectivity index (χ4n) is 5.38. The number of esters is 1. The van der Waals surface area contributed by atoms with E-state index in [0.717, 1.165) is 49.7 Å². The summed E-state index contributed by atoms with van der Waals surface area (Å²) in [4.78, 5) is 36.4. The average Bonchev–Trinajstić information content (AvgIpc) is 3.53. The van der Waals surface area contributed by atoms with E-state index in [1.165, 1.54) is 7.11 Å². The maximum absolute atomic E-state index is 12.3. The van der Waals surface area contributed by atoms with Gasteiger partial charge in [0.1, 0.15) is 23.7 Å². The molecular formula is C43H60N2O7. The lowest BCUT2D eigenvalue weighted by atomic mass is 9.94. The minimum atomic E-state index is -0.529. The molecule has 0 saturated heterocycles. The van der Waals surface area contributed by atoms with Gasteiger partial charge in [0.25, 0.3) is 0 Å². The van der Waals surface area contributed by atoms with Gasteiger partial charge in [0, 0.05) is 37.1 Å². The second-order valence-electron chi connectivity index (χ2n) is 12.4. The molecule has 0 radical (unpaired) electrons. The van der Waals surface area contributed by atoms with Crippen LogP contribution in [0.5, 0.6) is 11.5 Å². The van der Waals surface area contributed by atoms with Crippen molar-refractivity contribution in [3.63, 3.8) is 0 Å². The van der Waals surface area contributed by atoms with E-state index in [1.54, 1.807) is 0 Å². The molecule has 2 amide bonds. The zero-order valence-corrected chi connectivity index (χ0v) is 31.7. The van der Waals surface area contributed by atoms with Crippen LogP contribution in [0.25, 0.3) is 0 Å². The summed E-state index contributed by atoms with van der Waals surface area (Å²) >= 11 is 0. The van der Waals surface area contributed by atoms with Crippen LogP contribution < -0.4 is 15.4 Å². The van der Waals surface area contributed by atoms with Crippen molar-refractivity contribution in [1.29, 1.82) is 0 Å². The fraction of sp³-hybridized carbons (Fsp3) is 0.465. The summed E-state index contributed by atoms with van der Waals surface area (Å²) in [7, 11) is 1.53. The second kappa shape index (κ2) is 27.1. The van der Waals surface area contributed by atoms with Crippen molar-refractivity contribution in [1.82, 2.24) is 10.6 Å². The van der Waals surface area contributed by atoms with Gasteiger partial charge in [-0.2, -0.15) is 0 Å². The number of fused-ring (bicyclic) bond motifs is 1. The molecule has 52 heavy (non-hydrogen) atoms. The molecule has 1 aromatic carbocycles. The first-order valence-corrected chi connectivity index (χ1v) is 18.5. The number of methoxy groups -OCH3 is 1. The molecule has 0 spiro atoms. The molecular weight excluding hydrogens is 656 g/mol. The van der Waals surface area contributed by atoms with E-state index in [-0.39, 0.29) is 29.7 Å². The molecule has 1 aromatic rings. The number of amides is 2. The van der Waals surface area contributed by atoms with Crippen molar-refractivity contribution in [2.75, 3.05) is 33.4 Å². The summed E-state index contributed by atoms with van der Waals surface area (Å²) in [6.07, 6.45) is 36.0. The Morgan fingerprint density at radius 1 is 0.788 bits per heavy atom. The Kier molecular flexibility index (Phi) is 22.7. The highest BCUT2D eigenvalue weighted by atomic mass is 16.5. The number of phenols is 1. The Hall–Kier alpha value is -4.63. The minimum Gasteiger partial charge on any atom is -0.507 e. The number of allylic oxidation sites excluding steroid dienone is 14. The highest BCUT2D eigenvalue weighted by Crippen LogP contribution is 2.42. The van der Waals surface area contributed by atoms with Crippen LogP contribution in [-0.2, 0) is 32.1 Å². The van der Waals surface area contributed by atoms with E-state index in [2.05, 4.69) is 84.4 Å². The standard InChI is InChI=1S/C43H60N2O7/c1-5-6-7-8-9-10-11-12-13-14-15-16-17-18-19-20-21-22-23-24-38(46)44-29-31-51-32-30-45-39(47)28-26-34(2)25-27-36-41(48)40-37(33-52-43(40)49)35(3)42(36)50-4/h6-7,9-10,12-13,15-16,18-19,21-22,25,48H,5,8,11,14,17,20,23-24,26-33H2,1-4H3,(H,44,46)(H,45,47)/b7-6-,10-9-,13-12-,16-15-,19-18-,22-21-,34-25+. The summed E-state index contributed by atoms with van der Waals surface area (Å²) in [6.45, 7) is 7.58. The number of phenolic OH excluding ortho intramolecular Hbond substituents is 1. The van der Waals surface area contributed by atoms with Crippen molar-refractivity contribution >= 4 is 17.8 Å². The number of hydrogen-bond donors (Lipinski definition) is 3. The van der Waals surface area contributed by atoms with Crippen LogP contribution in [0.2, 0.25) is 0 Å². The number of rotatable bonds is 26. The van der Waals surface area contributed by atoms with Crippen LogP contribution in [0.4, 0.5) is 0 Å². The van der Waals surface area contributed by atoms with Crippen molar-refractivity contribution in [3.8, 4) is 11.5 Å². The highest BCUT2D eigenvalue weighted by molar-refractivity contribution is 5.98. The molecule has 1 aliphatic heterocycles. The number of aromatic hydroxyl groups is 1. The number of carbonyl (C=O) groups excluding carboxylic acids is 3. The molecule has 9 heteroatoms. The largest absolute Gasteiger partial charge is 0.507 e. The molecule has 0 saturated carbocycles. The third-order valence-electron chi connectivity index (χ3n) is 8.32. The third kappa shape index (κ3) is 17.5. The number of cyclic esters (lactones) is 1. The number of nitrogens with one attached hydrogen (secondary N) is 2. The predicted molar refractivity (Wildman–Crippen MR) is 209 cm³/mol. The van der Waals surface area contributed by atoms with Gasteiger partial charge in [-0.15, -0.1) is 0 Å². The predicted octanol–water partition coefficient (Wildman–Crippen LogP) is 8.38. The Bertz CT molecular complexity index is 1480. The number of hydrogen-bond acceptors (Lipinski definition) is 7. The average molecular weight is 717 g/mol. The highest BCUT2D eigenvalue weighted by Gasteiger charge is 2.31. The molecule has 0 fully saturated rings. The van der Waals surface area contributed by atoms with Gasteiger partial charge in [-0.3, -0.25) is 9.59 Å². The van der Waals surface area contributed by atoms with Crippen LogP contribution in [0.1, 0.15) is 105 Å². The first-order valence-electron chi connectivity index (χ1n) is 18.5. The van der Waals surface area contributed by atoms with E-state index < -0.39 is 5.97 Å². The first kappa shape index (κ1) is 43.5. The Morgan fingerprint density at radius 2 is 1.31 bits per heavy atom. The maximum Gasteiger partial charge on any atom is 0.342 e. The second-order valence-corrected chi connectivity index (χ2v) is 12.4. The number of benzene rings is 1. The van der Waals surface area contributed by atoms with E-state index in [1.807, 2.05) is 26.0 Å². The maximum atomic E-state index is 12.3.